The van der Waals surface area contributed by atoms with E-state index in [0.29, 0.717) is 73.7 Å². The Kier molecular flexibility index (Phi) is 13.1. The molecule has 0 aromatic carbocycles. The topological polar surface area (TPSA) is 278 Å². The summed E-state index contributed by atoms with van der Waals surface area (Å²) in [6.45, 7) is 16.3. The van der Waals surface area contributed by atoms with Crippen molar-refractivity contribution in [3.8, 4) is 0 Å². The van der Waals surface area contributed by atoms with Crippen LogP contribution in [0.5, 0.6) is 0 Å². The van der Waals surface area contributed by atoms with Gasteiger partial charge in [-0.15, -0.1) is 0 Å². The number of aliphatic hydroxyl groups excluding tert-OH is 1. The van der Waals surface area contributed by atoms with Crippen molar-refractivity contribution in [3.63, 3.8) is 0 Å². The molecule has 400 valence electrons. The first-order chi connectivity index (χ1) is 32.8. The smallest absolute Gasteiger partial charge is 0.394 e. The van der Waals surface area contributed by atoms with Gasteiger partial charge >= 0.3 is 22.3 Å². The van der Waals surface area contributed by atoms with Crippen LogP contribution >= 0.6 is 0 Å². The van der Waals surface area contributed by atoms with E-state index in [1.165, 1.54) is 18.9 Å². The van der Waals surface area contributed by atoms with Crippen LogP contribution in [0.2, 0.25) is 0 Å². The summed E-state index contributed by atoms with van der Waals surface area (Å²) < 4.78 is 49.7. The first-order valence-electron chi connectivity index (χ1n) is 26.5. The highest BCUT2D eigenvalue weighted by atomic mass is 32.3. The molecule has 0 amide bonds. The van der Waals surface area contributed by atoms with Gasteiger partial charge in [0.2, 0.25) is 5.79 Å². The highest BCUT2D eigenvalue weighted by Gasteiger charge is 2.89. The van der Waals surface area contributed by atoms with E-state index in [1.54, 1.807) is 26.8 Å². The number of hydrogen-bond donors (Lipinski definition) is 8. The molecule has 0 aromatic rings. The summed E-state index contributed by atoms with van der Waals surface area (Å²) in [5, 5.41) is 73.9. The number of piperidine rings is 2. The lowest BCUT2D eigenvalue weighted by Crippen LogP contribution is -2.85. The predicted molar refractivity (Wildman–Crippen MR) is 256 cm³/mol. The Balaban J connectivity index is 0.000000181. The van der Waals surface area contributed by atoms with Gasteiger partial charge in [-0.05, 0) is 127 Å². The molecule has 11 aliphatic rings. The summed E-state index contributed by atoms with van der Waals surface area (Å²) in [5.41, 5.74) is -7.22. The number of nitrogens with zero attached hydrogens (tertiary/aromatic N) is 1. The fourth-order valence-electron chi connectivity index (χ4n) is 18.5. The molecule has 4 bridgehead atoms. The van der Waals surface area contributed by atoms with Crippen LogP contribution in [-0.2, 0) is 39.0 Å². The van der Waals surface area contributed by atoms with Crippen molar-refractivity contribution in [2.45, 2.75) is 216 Å². The zero-order chi connectivity index (χ0) is 52.1. The maximum atomic E-state index is 12.9. The summed E-state index contributed by atoms with van der Waals surface area (Å²) >= 11 is 0. The maximum Gasteiger partial charge on any atom is 0.394 e. The van der Waals surface area contributed by atoms with Crippen LogP contribution in [0, 0.1) is 57.7 Å². The zero-order valence-electron chi connectivity index (χ0n) is 42.9. The minimum atomic E-state index is -4.67. The van der Waals surface area contributed by atoms with E-state index < -0.39 is 85.5 Å². The molecule has 20 atom stereocenters. The van der Waals surface area contributed by atoms with E-state index >= 15 is 0 Å². The van der Waals surface area contributed by atoms with E-state index in [0.717, 1.165) is 51.4 Å². The van der Waals surface area contributed by atoms with Crippen molar-refractivity contribution < 1.29 is 76.8 Å². The third-order valence-electron chi connectivity index (χ3n) is 22.2. The molecule has 11 rings (SSSR count). The first-order valence-corrected chi connectivity index (χ1v) is 27.9. The summed E-state index contributed by atoms with van der Waals surface area (Å²) in [6, 6.07) is -0.387. The lowest BCUT2D eigenvalue weighted by Gasteiger charge is -2.68. The second-order valence-electron chi connectivity index (χ2n) is 25.3. The lowest BCUT2D eigenvalue weighted by atomic mass is 9.48. The minimum Gasteiger partial charge on any atom is -0.462 e. The predicted octanol–water partition coefficient (Wildman–Crippen LogP) is 4.79. The molecule has 1 spiro atoms. The largest absolute Gasteiger partial charge is 0.462 e. The number of ether oxygens (including phenoxy) is 3. The number of fused-ring (bicyclic) bond motifs is 10. The number of carbonyl (C=O) groups excluding carboxylic acids is 3. The van der Waals surface area contributed by atoms with E-state index in [1.807, 2.05) is 6.92 Å². The van der Waals surface area contributed by atoms with Gasteiger partial charge in [0.1, 0.15) is 34.3 Å². The second kappa shape index (κ2) is 17.3. The van der Waals surface area contributed by atoms with Crippen molar-refractivity contribution in [2.75, 3.05) is 13.1 Å². The fraction of sp³-hybridized carbons (Fsp3) is 0.868. The van der Waals surface area contributed by atoms with E-state index in [9.17, 15) is 45.0 Å². The van der Waals surface area contributed by atoms with Crippen molar-refractivity contribution in [1.29, 1.82) is 0 Å². The molecular formula is C53H81NO16S. The number of rotatable bonds is 3. The van der Waals surface area contributed by atoms with Crippen molar-refractivity contribution in [3.05, 3.63) is 23.3 Å². The van der Waals surface area contributed by atoms with Crippen molar-refractivity contribution in [2.24, 2.45) is 57.7 Å². The molecule has 18 heteroatoms. The molecule has 3 saturated heterocycles. The number of Topliss-reactive ketones (excluding diaryl/α,β-unsaturated/α-hetero) is 1. The van der Waals surface area contributed by atoms with Crippen LogP contribution in [0.1, 0.15) is 158 Å². The Morgan fingerprint density at radius 2 is 1.46 bits per heavy atom. The van der Waals surface area contributed by atoms with Crippen LogP contribution in [-0.4, -0.2) is 142 Å². The van der Waals surface area contributed by atoms with E-state index in [-0.39, 0.29) is 48.3 Å². The molecule has 3 heterocycles. The van der Waals surface area contributed by atoms with Crippen molar-refractivity contribution in [1.82, 2.24) is 4.90 Å². The highest BCUT2D eigenvalue weighted by Crippen LogP contribution is 2.78. The molecule has 8 N–H and O–H groups in total. The number of hydrogen-bond acceptors (Lipinski definition) is 15. The Morgan fingerprint density at radius 3 is 2.13 bits per heavy atom. The molecular weight excluding hydrogens is 939 g/mol. The fourth-order valence-corrected chi connectivity index (χ4v) is 18.5. The van der Waals surface area contributed by atoms with Crippen molar-refractivity contribution >= 4 is 28.1 Å². The molecule has 3 aliphatic heterocycles. The van der Waals surface area contributed by atoms with Crippen LogP contribution in [0.4, 0.5) is 0 Å². The molecule has 0 aromatic heterocycles. The minimum absolute atomic E-state index is 0.0438. The monoisotopic (exact) mass is 1020 g/mol. The van der Waals surface area contributed by atoms with Gasteiger partial charge in [0.15, 0.2) is 6.10 Å². The molecule has 20 unspecified atom stereocenters. The quantitative estimate of drug-likeness (QED) is 0.0817. The maximum absolute atomic E-state index is 12.9. The third kappa shape index (κ3) is 7.61. The summed E-state index contributed by atoms with van der Waals surface area (Å²) in [7, 11) is -4.67. The van der Waals surface area contributed by atoms with E-state index in [2.05, 4.69) is 31.7 Å². The molecule has 10 fully saturated rings. The van der Waals surface area contributed by atoms with Gasteiger partial charge in [-0.2, -0.15) is 8.42 Å². The number of ketones is 1. The number of esters is 2. The van der Waals surface area contributed by atoms with Crippen LogP contribution < -0.4 is 0 Å². The Labute approximate surface area is 418 Å². The van der Waals surface area contributed by atoms with Gasteiger partial charge < -0.3 is 44.8 Å². The summed E-state index contributed by atoms with van der Waals surface area (Å²) in [6.07, 6.45) is 13.1. The van der Waals surface area contributed by atoms with Gasteiger partial charge in [-0.3, -0.25) is 23.6 Å². The second-order valence-corrected chi connectivity index (χ2v) is 26.2. The van der Waals surface area contributed by atoms with Gasteiger partial charge in [0, 0.05) is 85.9 Å². The lowest BCUT2D eigenvalue weighted by molar-refractivity contribution is -0.354. The highest BCUT2D eigenvalue weighted by molar-refractivity contribution is 7.79. The Hall–Kier alpha value is -2.36. The Morgan fingerprint density at radius 1 is 0.817 bits per heavy atom. The van der Waals surface area contributed by atoms with Gasteiger partial charge in [0.05, 0.1) is 11.7 Å². The molecule has 71 heavy (non-hydrogen) atoms. The normalized spacial score (nSPS) is 52.5. The van der Waals surface area contributed by atoms with Crippen LogP contribution in [0.3, 0.4) is 0 Å². The molecule has 0 radical (unpaired) electrons. The van der Waals surface area contributed by atoms with Crippen LogP contribution in [0.25, 0.3) is 0 Å². The van der Waals surface area contributed by atoms with Gasteiger partial charge in [-0.25, -0.2) is 4.79 Å². The number of allylic oxidation sites excluding steroid dienone is 2. The van der Waals surface area contributed by atoms with Gasteiger partial charge in [0.25, 0.3) is 0 Å². The average molecular weight is 1020 g/mol. The van der Waals surface area contributed by atoms with Gasteiger partial charge in [-0.1, -0.05) is 45.4 Å². The summed E-state index contributed by atoms with van der Waals surface area (Å²) in [5.74, 6) is -1.71. The zero-order valence-corrected chi connectivity index (χ0v) is 43.7. The van der Waals surface area contributed by atoms with Crippen LogP contribution in [0.15, 0.2) is 23.3 Å². The summed E-state index contributed by atoms with van der Waals surface area (Å²) in [4.78, 5) is 38.6. The van der Waals surface area contributed by atoms with E-state index in [4.69, 9.17) is 31.7 Å². The Bertz CT molecular complexity index is 2350. The average Bonchev–Trinajstić information content (AvgIpc) is 3.67. The number of aliphatic hydroxyl groups is 6. The molecule has 7 saturated carbocycles. The SMILES string of the molecule is CC(=O)OC1CCC2(C)C(=CCC3C4CCC(=O)C4(C)CCC32)C1.CC=C(C)C(=O)OC1CCC2(C)C3CCC4C5(O)CC(O)C6(O)C(CN7CC(C)CCC7C6(C)O)C5(O)CC42OC13O.O=S(=O)(O)O. The molecule has 8 aliphatic carbocycles. The number of carbonyl (C=O) groups is 3. The third-order valence-corrected chi connectivity index (χ3v) is 22.2. The molecule has 17 nitrogen and oxygen atoms in total. The standard InChI is InChI=1S/C32H49NO9.C21H30O3.H2O4S/c1-6-18(3)25(35)41-24-11-12-26(4)19-8-9-20-28(37)13-23(34)31(39)21(29(28,38)16-30(20,26)42-32(19,24)40)15-33-14-17(2)7-10-22(33)27(31,5)36;1-13(22)24-15-8-10-20(2)14(12-15)4-5-16-17-6-7-19(23)21(17,3)11-9-18(16)20;1-5(2,3)4/h6,17,19-24,34,36-40H,7-16H2,1-5H3;4,15-18H,5-12H2,1-3H3;(H2,1,2,3,4). The first kappa shape index (κ1) is 53.5.